The van der Waals surface area contributed by atoms with Crippen molar-refractivity contribution < 1.29 is 14.7 Å². The van der Waals surface area contributed by atoms with Gasteiger partial charge in [0.25, 0.3) is 0 Å². The van der Waals surface area contributed by atoms with Gasteiger partial charge in [0.2, 0.25) is 0 Å². The van der Waals surface area contributed by atoms with E-state index < -0.39 is 0 Å². The molecule has 0 bridgehead atoms. The number of oxime groups is 1. The van der Waals surface area contributed by atoms with Crippen molar-refractivity contribution in [1.82, 2.24) is 4.90 Å². The molecule has 4 rings (SSSR count). The summed E-state index contributed by atoms with van der Waals surface area (Å²) in [7, 11) is 0. The van der Waals surface area contributed by atoms with Crippen LogP contribution in [0.5, 0.6) is 11.5 Å². The SMILES string of the molecule is O/N=C(/CCCN1CCC(c2ccccc2)C1)c1ccc2c(c1)OCCO2. The van der Waals surface area contributed by atoms with Crippen molar-refractivity contribution in [3.63, 3.8) is 0 Å². The van der Waals surface area contributed by atoms with E-state index in [-0.39, 0.29) is 0 Å². The van der Waals surface area contributed by atoms with Crippen molar-refractivity contribution in [1.29, 1.82) is 0 Å². The molecule has 0 saturated carbocycles. The highest BCUT2D eigenvalue weighted by atomic mass is 16.6. The van der Waals surface area contributed by atoms with Gasteiger partial charge in [-0.15, -0.1) is 0 Å². The number of rotatable bonds is 6. The van der Waals surface area contributed by atoms with Crippen LogP contribution in [0.2, 0.25) is 0 Å². The average molecular weight is 366 g/mol. The van der Waals surface area contributed by atoms with Crippen molar-refractivity contribution in [3.8, 4) is 11.5 Å². The molecule has 1 saturated heterocycles. The summed E-state index contributed by atoms with van der Waals surface area (Å²) >= 11 is 0. The van der Waals surface area contributed by atoms with Crippen LogP contribution in [-0.2, 0) is 0 Å². The second kappa shape index (κ2) is 8.44. The van der Waals surface area contributed by atoms with E-state index in [4.69, 9.17) is 9.47 Å². The molecule has 0 spiro atoms. The number of nitrogens with zero attached hydrogens (tertiary/aromatic N) is 2. The Labute approximate surface area is 160 Å². The molecule has 1 N–H and O–H groups in total. The second-order valence-corrected chi connectivity index (χ2v) is 7.21. The van der Waals surface area contributed by atoms with Crippen LogP contribution in [0.3, 0.4) is 0 Å². The Morgan fingerprint density at radius 2 is 1.89 bits per heavy atom. The van der Waals surface area contributed by atoms with Gasteiger partial charge in [0, 0.05) is 12.1 Å². The summed E-state index contributed by atoms with van der Waals surface area (Å²) < 4.78 is 11.2. The van der Waals surface area contributed by atoms with E-state index in [0.717, 1.165) is 49.5 Å². The fourth-order valence-corrected chi connectivity index (χ4v) is 3.98. The van der Waals surface area contributed by atoms with Crippen molar-refractivity contribution in [2.24, 2.45) is 5.16 Å². The van der Waals surface area contributed by atoms with Crippen molar-refractivity contribution in [2.45, 2.75) is 25.2 Å². The molecule has 2 aliphatic rings. The third kappa shape index (κ3) is 4.25. The zero-order valence-electron chi connectivity index (χ0n) is 15.5. The second-order valence-electron chi connectivity index (χ2n) is 7.21. The molecule has 27 heavy (non-hydrogen) atoms. The first-order chi connectivity index (χ1) is 13.3. The van der Waals surface area contributed by atoms with Crippen LogP contribution in [0.15, 0.2) is 53.7 Å². The Morgan fingerprint density at radius 3 is 2.70 bits per heavy atom. The van der Waals surface area contributed by atoms with E-state index in [1.807, 2.05) is 18.2 Å². The Morgan fingerprint density at radius 1 is 1.07 bits per heavy atom. The molecule has 2 aromatic rings. The minimum absolute atomic E-state index is 0.555. The molecule has 5 heteroatoms. The standard InChI is InChI=1S/C22H26N2O3/c25-23-20(18-8-9-21-22(15-18)27-14-13-26-21)7-4-11-24-12-10-19(16-24)17-5-2-1-3-6-17/h1-3,5-6,8-9,15,19,25H,4,7,10-14,16H2/b23-20-. The summed E-state index contributed by atoms with van der Waals surface area (Å²) in [5.41, 5.74) is 3.03. The van der Waals surface area contributed by atoms with Gasteiger partial charge in [-0.25, -0.2) is 0 Å². The number of hydrogen-bond acceptors (Lipinski definition) is 5. The van der Waals surface area contributed by atoms with Gasteiger partial charge in [-0.05, 0) is 62.0 Å². The van der Waals surface area contributed by atoms with E-state index in [9.17, 15) is 5.21 Å². The Bertz CT molecular complexity index is 791. The third-order valence-electron chi connectivity index (χ3n) is 5.43. The summed E-state index contributed by atoms with van der Waals surface area (Å²) in [6.07, 6.45) is 2.92. The molecule has 5 nitrogen and oxygen atoms in total. The summed E-state index contributed by atoms with van der Waals surface area (Å²) in [5.74, 6) is 2.12. The van der Waals surface area contributed by atoms with E-state index in [2.05, 4.69) is 40.4 Å². The van der Waals surface area contributed by atoms with E-state index >= 15 is 0 Å². The van der Waals surface area contributed by atoms with E-state index in [1.165, 1.54) is 12.0 Å². The maximum atomic E-state index is 9.47. The highest BCUT2D eigenvalue weighted by Gasteiger charge is 2.23. The predicted octanol–water partition coefficient (Wildman–Crippen LogP) is 3.91. The topological polar surface area (TPSA) is 54.3 Å². The van der Waals surface area contributed by atoms with Gasteiger partial charge >= 0.3 is 0 Å². The summed E-state index contributed by atoms with van der Waals surface area (Å²) in [6.45, 7) is 4.40. The summed E-state index contributed by atoms with van der Waals surface area (Å²) in [4.78, 5) is 2.51. The van der Waals surface area contributed by atoms with Crippen molar-refractivity contribution in [2.75, 3.05) is 32.8 Å². The molecular weight excluding hydrogens is 340 g/mol. The first kappa shape index (κ1) is 17.9. The lowest BCUT2D eigenvalue weighted by Gasteiger charge is -2.19. The number of likely N-dealkylation sites (tertiary alicyclic amines) is 1. The van der Waals surface area contributed by atoms with Gasteiger partial charge in [0.1, 0.15) is 13.2 Å². The van der Waals surface area contributed by atoms with Crippen LogP contribution in [0, 0.1) is 0 Å². The predicted molar refractivity (Wildman–Crippen MR) is 105 cm³/mol. The van der Waals surface area contributed by atoms with Gasteiger partial charge < -0.3 is 19.6 Å². The summed E-state index contributed by atoms with van der Waals surface area (Å²) in [5, 5.41) is 13.0. The number of hydrogen-bond donors (Lipinski definition) is 1. The lowest BCUT2D eigenvalue weighted by Crippen LogP contribution is -2.22. The van der Waals surface area contributed by atoms with E-state index in [0.29, 0.717) is 24.8 Å². The lowest BCUT2D eigenvalue weighted by molar-refractivity contribution is 0.171. The highest BCUT2D eigenvalue weighted by Crippen LogP contribution is 2.31. The lowest BCUT2D eigenvalue weighted by atomic mass is 9.99. The molecule has 2 aromatic carbocycles. The molecule has 0 aliphatic carbocycles. The molecule has 1 unspecified atom stereocenters. The van der Waals surface area contributed by atoms with Gasteiger partial charge in [0.15, 0.2) is 11.5 Å². The van der Waals surface area contributed by atoms with Crippen molar-refractivity contribution >= 4 is 5.71 Å². The smallest absolute Gasteiger partial charge is 0.162 e. The first-order valence-corrected chi connectivity index (χ1v) is 9.72. The molecule has 2 aliphatic heterocycles. The quantitative estimate of drug-likeness (QED) is 0.478. The molecule has 0 aromatic heterocycles. The minimum Gasteiger partial charge on any atom is -0.486 e. The molecule has 1 fully saturated rings. The minimum atomic E-state index is 0.555. The molecular formula is C22H26N2O3. The Hall–Kier alpha value is -2.53. The number of benzene rings is 2. The van der Waals surface area contributed by atoms with Crippen LogP contribution in [0.25, 0.3) is 0 Å². The monoisotopic (exact) mass is 366 g/mol. The van der Waals surface area contributed by atoms with Gasteiger partial charge in [0.05, 0.1) is 5.71 Å². The molecule has 1 atom stereocenters. The highest BCUT2D eigenvalue weighted by molar-refractivity contribution is 6.00. The van der Waals surface area contributed by atoms with Crippen LogP contribution < -0.4 is 9.47 Å². The maximum Gasteiger partial charge on any atom is 0.162 e. The van der Waals surface area contributed by atoms with Crippen molar-refractivity contribution in [3.05, 3.63) is 59.7 Å². The Kier molecular flexibility index (Phi) is 5.58. The van der Waals surface area contributed by atoms with Crippen LogP contribution >= 0.6 is 0 Å². The summed E-state index contributed by atoms with van der Waals surface area (Å²) in [6, 6.07) is 16.5. The number of fused-ring (bicyclic) bond motifs is 1. The molecule has 0 amide bonds. The van der Waals surface area contributed by atoms with Gasteiger partial charge in [-0.1, -0.05) is 35.5 Å². The van der Waals surface area contributed by atoms with Gasteiger partial charge in [-0.2, -0.15) is 0 Å². The molecule has 0 radical (unpaired) electrons. The fourth-order valence-electron chi connectivity index (χ4n) is 3.98. The third-order valence-corrected chi connectivity index (χ3v) is 5.43. The Balaban J connectivity index is 1.29. The normalized spacial score (nSPS) is 20.0. The largest absolute Gasteiger partial charge is 0.486 e. The molecule has 142 valence electrons. The van der Waals surface area contributed by atoms with Crippen LogP contribution in [0.4, 0.5) is 0 Å². The van der Waals surface area contributed by atoms with Gasteiger partial charge in [-0.3, -0.25) is 0 Å². The maximum absolute atomic E-state index is 9.47. The average Bonchev–Trinajstić information content (AvgIpc) is 3.20. The fraction of sp³-hybridized carbons (Fsp3) is 0.409. The first-order valence-electron chi connectivity index (χ1n) is 9.72. The number of ether oxygens (including phenoxy) is 2. The van der Waals surface area contributed by atoms with Crippen LogP contribution in [0.1, 0.15) is 36.3 Å². The molecule has 2 heterocycles. The van der Waals surface area contributed by atoms with E-state index in [1.54, 1.807) is 0 Å². The zero-order valence-corrected chi connectivity index (χ0v) is 15.5. The zero-order chi connectivity index (χ0) is 18.5. The van der Waals surface area contributed by atoms with Crippen LogP contribution in [-0.4, -0.2) is 48.7 Å².